The molecule has 2 aromatic carbocycles. The van der Waals surface area contributed by atoms with Crippen molar-refractivity contribution in [3.05, 3.63) is 47.5 Å². The molecule has 1 atom stereocenters. The Balaban J connectivity index is 1.60. The van der Waals surface area contributed by atoms with E-state index in [2.05, 4.69) is 24.1 Å². The van der Waals surface area contributed by atoms with Crippen molar-refractivity contribution >= 4 is 0 Å². The van der Waals surface area contributed by atoms with Gasteiger partial charge in [0.2, 0.25) is 0 Å². The summed E-state index contributed by atoms with van der Waals surface area (Å²) in [4.78, 5) is 2.33. The quantitative estimate of drug-likeness (QED) is 0.433. The Morgan fingerprint density at radius 3 is 2.06 bits per heavy atom. The van der Waals surface area contributed by atoms with Gasteiger partial charge < -0.3 is 23.8 Å². The monoisotopic (exact) mass is 452 g/mol. The van der Waals surface area contributed by atoms with Crippen LogP contribution in [-0.2, 0) is 11.8 Å². The minimum Gasteiger partial charge on any atom is -0.493 e. The van der Waals surface area contributed by atoms with Gasteiger partial charge in [0.15, 0.2) is 23.0 Å². The Labute approximate surface area is 198 Å². The van der Waals surface area contributed by atoms with Gasteiger partial charge >= 0.3 is 0 Å². The van der Waals surface area contributed by atoms with Crippen LogP contribution in [0.25, 0.3) is 0 Å². The summed E-state index contributed by atoms with van der Waals surface area (Å²) >= 11 is 0. The molecule has 1 unspecified atom stereocenters. The van der Waals surface area contributed by atoms with Crippen LogP contribution in [-0.4, -0.2) is 53.5 Å². The van der Waals surface area contributed by atoms with Crippen LogP contribution in [0.4, 0.5) is 0 Å². The summed E-state index contributed by atoms with van der Waals surface area (Å²) in [5, 5.41) is 10.3. The highest BCUT2D eigenvalue weighted by Gasteiger charge is 2.46. The molecule has 0 spiro atoms. The van der Waals surface area contributed by atoms with Crippen molar-refractivity contribution in [2.75, 3.05) is 48.6 Å². The molecule has 0 bridgehead atoms. The zero-order chi connectivity index (χ0) is 23.8. The number of likely N-dealkylation sites (N-methyl/N-ethyl adjacent to an activating group) is 1. The summed E-state index contributed by atoms with van der Waals surface area (Å²) < 4.78 is 21.6. The molecule has 33 heavy (non-hydrogen) atoms. The highest BCUT2D eigenvalue weighted by atomic mass is 16.5. The summed E-state index contributed by atoms with van der Waals surface area (Å²) in [5.74, 6) is 3.30. The van der Waals surface area contributed by atoms with Crippen LogP contribution >= 0.6 is 0 Å². The fraction of sp³-hybridized carbons (Fsp3) is 0.519. The Hall–Kier alpha value is -2.91. The van der Waals surface area contributed by atoms with Crippen molar-refractivity contribution in [1.29, 1.82) is 5.26 Å². The first-order valence-corrected chi connectivity index (χ1v) is 11.5. The molecule has 178 valence electrons. The smallest absolute Gasteiger partial charge is 0.161 e. The molecule has 0 aliphatic heterocycles. The van der Waals surface area contributed by atoms with E-state index in [9.17, 15) is 5.26 Å². The zero-order valence-electron chi connectivity index (χ0n) is 20.5. The lowest BCUT2D eigenvalue weighted by Gasteiger charge is -2.29. The van der Waals surface area contributed by atoms with Crippen LogP contribution in [0, 0.1) is 17.2 Å². The van der Waals surface area contributed by atoms with Gasteiger partial charge in [0.25, 0.3) is 0 Å². The topological polar surface area (TPSA) is 64.0 Å². The second-order valence-corrected chi connectivity index (χ2v) is 8.77. The van der Waals surface area contributed by atoms with Crippen LogP contribution in [0.1, 0.15) is 36.8 Å². The number of benzene rings is 2. The lowest BCUT2D eigenvalue weighted by atomic mass is 9.73. The number of methoxy groups -OCH3 is 4. The SMILES string of the molecule is COc1ccc(CCN(C)CCCC(C#N)(c2ccc(OC)c(OC)c2)C2CC2)cc1OC. The number of nitriles is 1. The molecule has 1 aliphatic rings. The highest BCUT2D eigenvalue weighted by molar-refractivity contribution is 5.48. The van der Waals surface area contributed by atoms with E-state index in [-0.39, 0.29) is 0 Å². The first-order chi connectivity index (χ1) is 16.0. The van der Waals surface area contributed by atoms with Gasteiger partial charge in [-0.15, -0.1) is 0 Å². The lowest BCUT2D eigenvalue weighted by Crippen LogP contribution is -2.30. The molecule has 6 nitrogen and oxygen atoms in total. The van der Waals surface area contributed by atoms with Crippen LogP contribution in [0.15, 0.2) is 36.4 Å². The lowest BCUT2D eigenvalue weighted by molar-refractivity contribution is 0.307. The van der Waals surface area contributed by atoms with E-state index in [0.29, 0.717) is 17.4 Å². The maximum atomic E-state index is 10.3. The highest BCUT2D eigenvalue weighted by Crippen LogP contribution is 2.51. The minimum absolute atomic E-state index is 0.415. The molecular weight excluding hydrogens is 416 g/mol. The molecular formula is C27H36N2O4. The van der Waals surface area contributed by atoms with E-state index in [1.54, 1.807) is 28.4 Å². The molecule has 0 radical (unpaired) electrons. The fourth-order valence-corrected chi connectivity index (χ4v) is 4.58. The standard InChI is InChI=1S/C27H36N2O4/c1-29(16-13-20-7-11-23(30-2)25(17-20)32-4)15-6-14-27(19-28,21-8-9-21)22-10-12-24(31-3)26(18-22)33-5/h7,10-12,17-18,21H,6,8-9,13-16H2,1-5H3. The third kappa shape index (κ3) is 5.72. The summed E-state index contributed by atoms with van der Waals surface area (Å²) in [6.45, 7) is 1.88. The molecule has 0 aromatic heterocycles. The van der Waals surface area contributed by atoms with Gasteiger partial charge in [-0.3, -0.25) is 0 Å². The van der Waals surface area contributed by atoms with Crippen LogP contribution in [0.5, 0.6) is 23.0 Å². The molecule has 3 rings (SSSR count). The van der Waals surface area contributed by atoms with Gasteiger partial charge in [-0.2, -0.15) is 5.26 Å². The molecule has 1 fully saturated rings. The Kier molecular flexibility index (Phi) is 8.46. The number of hydrogen-bond acceptors (Lipinski definition) is 6. The van der Waals surface area contributed by atoms with E-state index in [0.717, 1.165) is 62.3 Å². The molecule has 6 heteroatoms. The maximum Gasteiger partial charge on any atom is 0.161 e. The van der Waals surface area contributed by atoms with Crippen molar-refractivity contribution in [2.45, 2.75) is 37.5 Å². The zero-order valence-corrected chi connectivity index (χ0v) is 20.5. The van der Waals surface area contributed by atoms with Gasteiger partial charge in [-0.1, -0.05) is 12.1 Å². The van der Waals surface area contributed by atoms with E-state index in [4.69, 9.17) is 18.9 Å². The number of rotatable bonds is 13. The molecule has 1 saturated carbocycles. The van der Waals surface area contributed by atoms with E-state index in [1.807, 2.05) is 30.3 Å². The molecule has 0 amide bonds. The van der Waals surface area contributed by atoms with Gasteiger partial charge in [-0.05, 0) is 87.0 Å². The Morgan fingerprint density at radius 1 is 0.879 bits per heavy atom. The molecule has 2 aromatic rings. The van der Waals surface area contributed by atoms with Gasteiger partial charge in [0.05, 0.1) is 39.9 Å². The van der Waals surface area contributed by atoms with Crippen molar-refractivity contribution in [3.63, 3.8) is 0 Å². The van der Waals surface area contributed by atoms with E-state index < -0.39 is 5.41 Å². The first kappa shape index (κ1) is 24.7. The van der Waals surface area contributed by atoms with Crippen LogP contribution < -0.4 is 18.9 Å². The summed E-state index contributed by atoms with van der Waals surface area (Å²) in [7, 11) is 8.72. The predicted octanol–water partition coefficient (Wildman–Crippen LogP) is 4.85. The van der Waals surface area contributed by atoms with Crippen LogP contribution in [0.2, 0.25) is 0 Å². The first-order valence-electron chi connectivity index (χ1n) is 11.5. The fourth-order valence-electron chi connectivity index (χ4n) is 4.58. The van der Waals surface area contributed by atoms with Gasteiger partial charge in [0.1, 0.15) is 0 Å². The van der Waals surface area contributed by atoms with Gasteiger partial charge in [0, 0.05) is 6.54 Å². The second kappa shape index (κ2) is 11.3. The second-order valence-electron chi connectivity index (χ2n) is 8.77. The molecule has 1 aliphatic carbocycles. The number of hydrogen-bond donors (Lipinski definition) is 0. The summed E-state index contributed by atoms with van der Waals surface area (Å²) in [6.07, 6.45) is 4.94. The normalized spacial score (nSPS) is 14.9. The summed E-state index contributed by atoms with van der Waals surface area (Å²) in [6, 6.07) is 14.7. The largest absolute Gasteiger partial charge is 0.493 e. The maximum absolute atomic E-state index is 10.3. The van der Waals surface area contributed by atoms with E-state index >= 15 is 0 Å². The summed E-state index contributed by atoms with van der Waals surface area (Å²) in [5.41, 5.74) is 1.79. The average molecular weight is 453 g/mol. The Bertz CT molecular complexity index is 967. The van der Waals surface area contributed by atoms with E-state index in [1.165, 1.54) is 5.56 Å². The third-order valence-corrected chi connectivity index (χ3v) is 6.71. The van der Waals surface area contributed by atoms with Crippen molar-refractivity contribution in [3.8, 4) is 29.1 Å². The molecule has 0 saturated heterocycles. The Morgan fingerprint density at radius 2 is 1.48 bits per heavy atom. The van der Waals surface area contributed by atoms with Crippen molar-refractivity contribution in [2.24, 2.45) is 5.92 Å². The molecule has 0 heterocycles. The predicted molar refractivity (Wildman–Crippen MR) is 130 cm³/mol. The van der Waals surface area contributed by atoms with Gasteiger partial charge in [-0.25, -0.2) is 0 Å². The number of nitrogens with zero attached hydrogens (tertiary/aromatic N) is 2. The van der Waals surface area contributed by atoms with Crippen LogP contribution in [0.3, 0.4) is 0 Å². The third-order valence-electron chi connectivity index (χ3n) is 6.71. The van der Waals surface area contributed by atoms with Crippen molar-refractivity contribution in [1.82, 2.24) is 4.90 Å². The molecule has 0 N–H and O–H groups in total. The average Bonchev–Trinajstić information content (AvgIpc) is 3.70. The minimum atomic E-state index is -0.469. The van der Waals surface area contributed by atoms with Crippen molar-refractivity contribution < 1.29 is 18.9 Å². The number of ether oxygens (including phenoxy) is 4.